The number of aliphatic hydroxyl groups excluding tert-OH is 1. The molecule has 0 aliphatic carbocycles. The largest absolute Gasteiger partial charge is 0.412 e. The van der Waals surface area contributed by atoms with Crippen molar-refractivity contribution in [2.24, 2.45) is 0 Å². The van der Waals surface area contributed by atoms with Crippen molar-refractivity contribution in [1.82, 2.24) is 0 Å². The predicted molar refractivity (Wildman–Crippen MR) is 67.7 cm³/mol. The van der Waals surface area contributed by atoms with Gasteiger partial charge in [-0.15, -0.1) is 0 Å². The standard InChI is InChI=1S/C12H24O4Si/c1-11-6-8(13)7-12(2,16-11)10(9(11)14-3)15-17(4)5/h8-10,13,17H,6-7H2,1-5H3/t8-,9+,10-,11-,12+/m1/s1. The zero-order chi connectivity index (χ0) is 12.8. The van der Waals surface area contributed by atoms with Gasteiger partial charge in [0, 0.05) is 20.0 Å². The molecule has 2 saturated heterocycles. The average molecular weight is 260 g/mol. The summed E-state index contributed by atoms with van der Waals surface area (Å²) in [5, 5.41) is 10.0. The minimum atomic E-state index is -1.16. The lowest BCUT2D eigenvalue weighted by atomic mass is 9.92. The second kappa shape index (κ2) is 4.31. The molecule has 2 heterocycles. The summed E-state index contributed by atoms with van der Waals surface area (Å²) in [6.07, 6.45) is 0.800. The first kappa shape index (κ1) is 13.5. The smallest absolute Gasteiger partial charge is 0.171 e. The summed E-state index contributed by atoms with van der Waals surface area (Å²) >= 11 is 0. The Kier molecular flexibility index (Phi) is 3.42. The first-order chi connectivity index (χ1) is 7.81. The summed E-state index contributed by atoms with van der Waals surface area (Å²) in [4.78, 5) is 0. The van der Waals surface area contributed by atoms with Crippen LogP contribution in [0.2, 0.25) is 13.1 Å². The fourth-order valence-electron chi connectivity index (χ4n) is 3.49. The van der Waals surface area contributed by atoms with E-state index in [9.17, 15) is 5.11 Å². The van der Waals surface area contributed by atoms with E-state index in [1.165, 1.54) is 0 Å². The molecule has 5 atom stereocenters. The van der Waals surface area contributed by atoms with Gasteiger partial charge in [-0.1, -0.05) is 0 Å². The van der Waals surface area contributed by atoms with E-state index in [1.54, 1.807) is 7.11 Å². The molecule has 2 rings (SSSR count). The Morgan fingerprint density at radius 3 is 2.18 bits per heavy atom. The van der Waals surface area contributed by atoms with Gasteiger partial charge >= 0.3 is 0 Å². The topological polar surface area (TPSA) is 47.9 Å². The quantitative estimate of drug-likeness (QED) is 0.771. The minimum absolute atomic E-state index is 0.0543. The molecule has 4 nitrogen and oxygen atoms in total. The summed E-state index contributed by atoms with van der Waals surface area (Å²) in [5.41, 5.74) is -0.834. The summed E-state index contributed by atoms with van der Waals surface area (Å²) in [5.74, 6) is 0. The van der Waals surface area contributed by atoms with Gasteiger partial charge in [0.05, 0.1) is 17.3 Å². The van der Waals surface area contributed by atoms with Crippen LogP contribution in [0, 0.1) is 0 Å². The Bertz CT molecular complexity index is 298. The summed E-state index contributed by atoms with van der Waals surface area (Å²) in [6.45, 7) is 8.36. The molecule has 0 radical (unpaired) electrons. The van der Waals surface area contributed by atoms with Gasteiger partial charge in [-0.25, -0.2) is 0 Å². The third-order valence-electron chi connectivity index (χ3n) is 3.90. The van der Waals surface area contributed by atoms with Crippen LogP contribution in [0.15, 0.2) is 0 Å². The number of aliphatic hydroxyl groups is 1. The molecule has 0 aromatic carbocycles. The highest BCUT2D eigenvalue weighted by Crippen LogP contribution is 2.50. The number of hydrogen-bond donors (Lipinski definition) is 1. The van der Waals surface area contributed by atoms with E-state index in [1.807, 2.05) is 13.8 Å². The number of ether oxygens (including phenoxy) is 2. The van der Waals surface area contributed by atoms with Gasteiger partial charge in [-0.2, -0.15) is 0 Å². The molecule has 2 aliphatic heterocycles. The van der Waals surface area contributed by atoms with Gasteiger partial charge in [0.1, 0.15) is 12.2 Å². The van der Waals surface area contributed by atoms with Crippen LogP contribution in [0.25, 0.3) is 0 Å². The van der Waals surface area contributed by atoms with E-state index in [0.717, 1.165) is 0 Å². The molecule has 1 N–H and O–H groups in total. The number of fused-ring (bicyclic) bond motifs is 2. The van der Waals surface area contributed by atoms with Crippen LogP contribution < -0.4 is 0 Å². The Balaban J connectivity index is 2.30. The molecule has 2 bridgehead atoms. The van der Waals surface area contributed by atoms with E-state index < -0.39 is 20.2 Å². The van der Waals surface area contributed by atoms with Crippen LogP contribution in [0.5, 0.6) is 0 Å². The fraction of sp³-hybridized carbons (Fsp3) is 1.00. The maximum atomic E-state index is 10.0. The molecular weight excluding hydrogens is 236 g/mol. The van der Waals surface area contributed by atoms with E-state index in [0.29, 0.717) is 12.8 Å². The van der Waals surface area contributed by atoms with Crippen LogP contribution in [-0.2, 0) is 13.9 Å². The maximum absolute atomic E-state index is 10.0. The molecule has 0 saturated carbocycles. The lowest BCUT2D eigenvalue weighted by molar-refractivity contribution is -0.178. The van der Waals surface area contributed by atoms with Gasteiger partial charge in [0.2, 0.25) is 0 Å². The van der Waals surface area contributed by atoms with E-state index in [4.69, 9.17) is 13.9 Å². The van der Waals surface area contributed by atoms with Crippen molar-refractivity contribution >= 4 is 9.04 Å². The molecule has 0 aromatic heterocycles. The molecule has 2 fully saturated rings. The van der Waals surface area contributed by atoms with E-state index in [2.05, 4.69) is 13.1 Å². The second-order valence-corrected chi connectivity index (χ2v) is 8.42. The van der Waals surface area contributed by atoms with E-state index >= 15 is 0 Å². The van der Waals surface area contributed by atoms with Crippen molar-refractivity contribution in [1.29, 1.82) is 0 Å². The monoisotopic (exact) mass is 260 g/mol. The van der Waals surface area contributed by atoms with Crippen LogP contribution >= 0.6 is 0 Å². The maximum Gasteiger partial charge on any atom is 0.171 e. The lowest BCUT2D eigenvalue weighted by Crippen LogP contribution is -2.47. The van der Waals surface area contributed by atoms with Crippen LogP contribution in [0.3, 0.4) is 0 Å². The highest BCUT2D eigenvalue weighted by molar-refractivity contribution is 6.48. The van der Waals surface area contributed by atoms with Gasteiger partial charge < -0.3 is 19.0 Å². The van der Waals surface area contributed by atoms with Crippen molar-refractivity contribution in [3.8, 4) is 0 Å². The van der Waals surface area contributed by atoms with Crippen LogP contribution in [0.1, 0.15) is 26.7 Å². The molecule has 0 unspecified atom stereocenters. The SMILES string of the molecule is CO[C@H]1[C@@H](O[SiH](C)C)[C@]2(C)C[C@H](O)C[C@@]1(C)O2. The lowest BCUT2D eigenvalue weighted by Gasteiger charge is -2.39. The molecule has 17 heavy (non-hydrogen) atoms. The Morgan fingerprint density at radius 1 is 1.18 bits per heavy atom. The van der Waals surface area contributed by atoms with E-state index in [-0.39, 0.29) is 18.3 Å². The summed E-state index contributed by atoms with van der Waals surface area (Å²) in [6, 6.07) is 0. The number of methoxy groups -OCH3 is 1. The Hall–Kier alpha value is 0.0569. The molecular formula is C12H24O4Si. The van der Waals surface area contributed by atoms with Gasteiger partial charge in [0.25, 0.3) is 0 Å². The third kappa shape index (κ3) is 2.19. The van der Waals surface area contributed by atoms with Crippen LogP contribution in [0.4, 0.5) is 0 Å². The second-order valence-electron chi connectivity index (χ2n) is 6.05. The molecule has 0 aromatic rings. The normalized spacial score (nSPS) is 49.9. The van der Waals surface area contributed by atoms with Gasteiger partial charge in [0.15, 0.2) is 9.04 Å². The first-order valence-corrected chi connectivity index (χ1v) is 9.15. The average Bonchev–Trinajstić information content (AvgIpc) is 2.27. The minimum Gasteiger partial charge on any atom is -0.412 e. The zero-order valence-electron chi connectivity index (χ0n) is 11.4. The predicted octanol–water partition coefficient (Wildman–Crippen LogP) is 1.07. The molecule has 0 amide bonds. The highest BCUT2D eigenvalue weighted by atomic mass is 28.3. The van der Waals surface area contributed by atoms with Crippen molar-refractivity contribution in [2.45, 2.75) is 69.3 Å². The summed E-state index contributed by atoms with van der Waals surface area (Å²) in [7, 11) is 0.538. The zero-order valence-corrected chi connectivity index (χ0v) is 12.6. The van der Waals surface area contributed by atoms with Crippen molar-refractivity contribution in [3.05, 3.63) is 0 Å². The molecule has 0 spiro atoms. The highest BCUT2D eigenvalue weighted by Gasteiger charge is 2.63. The number of hydrogen-bond acceptors (Lipinski definition) is 4. The van der Waals surface area contributed by atoms with Crippen molar-refractivity contribution in [2.75, 3.05) is 7.11 Å². The molecule has 5 heteroatoms. The molecule has 100 valence electrons. The van der Waals surface area contributed by atoms with Gasteiger partial charge in [-0.3, -0.25) is 0 Å². The van der Waals surface area contributed by atoms with Crippen molar-refractivity contribution < 1.29 is 19.0 Å². The molecule has 2 aliphatic rings. The Morgan fingerprint density at radius 2 is 1.71 bits per heavy atom. The number of rotatable bonds is 3. The third-order valence-corrected chi connectivity index (χ3v) is 4.74. The fourth-order valence-corrected chi connectivity index (χ4v) is 4.51. The van der Waals surface area contributed by atoms with Gasteiger partial charge in [-0.05, 0) is 26.9 Å². The Labute approximate surface area is 105 Å². The van der Waals surface area contributed by atoms with Crippen molar-refractivity contribution in [3.63, 3.8) is 0 Å². The summed E-state index contributed by atoms with van der Waals surface area (Å²) < 4.78 is 17.9. The van der Waals surface area contributed by atoms with Crippen LogP contribution in [-0.4, -0.2) is 50.8 Å². The first-order valence-electron chi connectivity index (χ1n) is 6.37.